The van der Waals surface area contributed by atoms with Crippen molar-refractivity contribution in [1.29, 1.82) is 0 Å². The van der Waals surface area contributed by atoms with Gasteiger partial charge in [0.2, 0.25) is 0 Å². The van der Waals surface area contributed by atoms with Crippen molar-refractivity contribution in [2.24, 2.45) is 0 Å². The van der Waals surface area contributed by atoms with E-state index in [1.54, 1.807) is 0 Å². The Morgan fingerprint density at radius 1 is 1.53 bits per heavy atom. The van der Waals surface area contributed by atoms with Crippen LogP contribution < -0.4 is 0 Å². The van der Waals surface area contributed by atoms with E-state index in [-0.39, 0.29) is 18.1 Å². The van der Waals surface area contributed by atoms with Gasteiger partial charge in [0.1, 0.15) is 0 Å². The van der Waals surface area contributed by atoms with Crippen LogP contribution in [0.4, 0.5) is 0 Å². The molecule has 19 heavy (non-hydrogen) atoms. The Morgan fingerprint density at radius 3 is 2.95 bits per heavy atom. The molecule has 1 heterocycles. The highest BCUT2D eigenvalue weighted by molar-refractivity contribution is 9.10. The quantitative estimate of drug-likeness (QED) is 0.834. The summed E-state index contributed by atoms with van der Waals surface area (Å²) in [5.41, 5.74) is 1.78. The summed E-state index contributed by atoms with van der Waals surface area (Å²) in [6, 6.07) is 5.96. The average Bonchev–Trinajstić information content (AvgIpc) is 2.41. The van der Waals surface area contributed by atoms with E-state index in [1.165, 1.54) is 0 Å². The van der Waals surface area contributed by atoms with Gasteiger partial charge in [0.25, 0.3) is 5.91 Å². The van der Waals surface area contributed by atoms with E-state index in [0.29, 0.717) is 13.2 Å². The van der Waals surface area contributed by atoms with Crippen LogP contribution in [0.1, 0.15) is 36.2 Å². The molecular weight excluding hydrogens is 306 g/mol. The molecule has 0 radical (unpaired) electrons. The lowest BCUT2D eigenvalue weighted by molar-refractivity contribution is -0.0444. The van der Waals surface area contributed by atoms with E-state index < -0.39 is 0 Å². The molecule has 0 aromatic heterocycles. The molecular formula is C15H20BrNO2. The van der Waals surface area contributed by atoms with Gasteiger partial charge >= 0.3 is 0 Å². The van der Waals surface area contributed by atoms with Gasteiger partial charge in [0.05, 0.1) is 18.8 Å². The first-order valence-electron chi connectivity index (χ1n) is 6.72. The molecule has 0 N–H and O–H groups in total. The van der Waals surface area contributed by atoms with Gasteiger partial charge in [-0.3, -0.25) is 4.79 Å². The van der Waals surface area contributed by atoms with Crippen molar-refractivity contribution in [3.05, 3.63) is 33.8 Å². The molecule has 4 heteroatoms. The normalized spacial score (nSPS) is 23.5. The number of carbonyl (C=O) groups is 1. The highest BCUT2D eigenvalue weighted by Crippen LogP contribution is 2.23. The van der Waals surface area contributed by atoms with Gasteiger partial charge in [-0.05, 0) is 38.0 Å². The molecule has 0 aliphatic carbocycles. The second-order valence-electron chi connectivity index (χ2n) is 5.08. The maximum absolute atomic E-state index is 12.7. The molecule has 1 aromatic rings. The fourth-order valence-corrected chi connectivity index (χ4v) is 2.79. The number of hydrogen-bond donors (Lipinski definition) is 0. The average molecular weight is 326 g/mol. The van der Waals surface area contributed by atoms with Gasteiger partial charge in [-0.25, -0.2) is 0 Å². The summed E-state index contributed by atoms with van der Waals surface area (Å²) >= 11 is 3.49. The van der Waals surface area contributed by atoms with Crippen molar-refractivity contribution in [3.8, 4) is 0 Å². The minimum atomic E-state index is 0.110. The maximum atomic E-state index is 12.7. The molecule has 2 rings (SSSR count). The monoisotopic (exact) mass is 325 g/mol. The first kappa shape index (κ1) is 14.5. The number of hydrogen-bond acceptors (Lipinski definition) is 2. The number of amides is 1. The number of morpholine rings is 1. The van der Waals surface area contributed by atoms with Crippen LogP contribution in [0.25, 0.3) is 0 Å². The predicted octanol–water partition coefficient (Wildman–Crippen LogP) is 3.40. The molecule has 104 valence electrons. The molecule has 0 saturated carbocycles. The lowest BCUT2D eigenvalue weighted by atomic mass is 10.0. The predicted molar refractivity (Wildman–Crippen MR) is 79.4 cm³/mol. The Morgan fingerprint density at radius 2 is 2.26 bits per heavy atom. The zero-order valence-electron chi connectivity index (χ0n) is 11.6. The Hall–Kier alpha value is -0.870. The van der Waals surface area contributed by atoms with E-state index in [1.807, 2.05) is 36.9 Å². The van der Waals surface area contributed by atoms with Gasteiger partial charge < -0.3 is 9.64 Å². The Balaban J connectivity index is 2.28. The topological polar surface area (TPSA) is 29.5 Å². The molecule has 3 nitrogen and oxygen atoms in total. The summed E-state index contributed by atoms with van der Waals surface area (Å²) in [4.78, 5) is 14.7. The second kappa shape index (κ2) is 6.06. The highest BCUT2D eigenvalue weighted by atomic mass is 79.9. The molecule has 0 bridgehead atoms. The number of carbonyl (C=O) groups excluding carboxylic acids is 1. The smallest absolute Gasteiger partial charge is 0.254 e. The first-order chi connectivity index (χ1) is 9.04. The van der Waals surface area contributed by atoms with Crippen molar-refractivity contribution in [2.75, 3.05) is 13.2 Å². The summed E-state index contributed by atoms with van der Waals surface area (Å²) in [5.74, 6) is 0.112. The van der Waals surface area contributed by atoms with Crippen molar-refractivity contribution in [2.45, 2.75) is 39.3 Å². The Kier molecular flexibility index (Phi) is 4.63. The van der Waals surface area contributed by atoms with Crippen LogP contribution in [0.3, 0.4) is 0 Å². The Bertz CT molecular complexity index is 475. The van der Waals surface area contributed by atoms with Crippen molar-refractivity contribution >= 4 is 21.8 Å². The highest BCUT2D eigenvalue weighted by Gasteiger charge is 2.30. The van der Waals surface area contributed by atoms with Crippen molar-refractivity contribution in [3.63, 3.8) is 0 Å². The number of rotatable bonds is 2. The fraction of sp³-hybridized carbons (Fsp3) is 0.533. The minimum Gasteiger partial charge on any atom is -0.375 e. The largest absolute Gasteiger partial charge is 0.375 e. The third kappa shape index (κ3) is 3.00. The van der Waals surface area contributed by atoms with E-state index in [2.05, 4.69) is 22.9 Å². The molecule has 2 atom stereocenters. The molecule has 1 saturated heterocycles. The van der Waals surface area contributed by atoms with E-state index in [9.17, 15) is 4.79 Å². The van der Waals surface area contributed by atoms with Gasteiger partial charge in [-0.2, -0.15) is 0 Å². The summed E-state index contributed by atoms with van der Waals surface area (Å²) in [6.45, 7) is 7.39. The van der Waals surface area contributed by atoms with Crippen LogP contribution in [-0.4, -0.2) is 36.1 Å². The molecule has 1 aliphatic heterocycles. The van der Waals surface area contributed by atoms with Gasteiger partial charge in [0.15, 0.2) is 0 Å². The minimum absolute atomic E-state index is 0.110. The molecule has 1 aliphatic rings. The first-order valence-corrected chi connectivity index (χ1v) is 7.51. The standard InChI is InChI=1S/C15H20BrNO2/c1-4-12-9-19-10(2)8-17(12)15(18)13-6-5-7-14(16)11(13)3/h5-7,10,12H,4,8-9H2,1-3H3. The van der Waals surface area contributed by atoms with Crippen LogP contribution in [0.15, 0.2) is 22.7 Å². The summed E-state index contributed by atoms with van der Waals surface area (Å²) in [7, 11) is 0. The lowest BCUT2D eigenvalue weighted by Gasteiger charge is -2.38. The number of benzene rings is 1. The summed E-state index contributed by atoms with van der Waals surface area (Å²) in [6.07, 6.45) is 1.03. The van der Waals surface area contributed by atoms with Gasteiger partial charge in [0, 0.05) is 16.6 Å². The van der Waals surface area contributed by atoms with Crippen LogP contribution in [0, 0.1) is 6.92 Å². The van der Waals surface area contributed by atoms with Gasteiger partial charge in [-0.1, -0.05) is 28.9 Å². The fourth-order valence-electron chi connectivity index (χ4n) is 2.42. The van der Waals surface area contributed by atoms with Crippen LogP contribution >= 0.6 is 15.9 Å². The number of ether oxygens (including phenoxy) is 1. The zero-order valence-corrected chi connectivity index (χ0v) is 13.2. The van der Waals surface area contributed by atoms with Gasteiger partial charge in [-0.15, -0.1) is 0 Å². The van der Waals surface area contributed by atoms with Crippen LogP contribution in [0.5, 0.6) is 0 Å². The molecule has 2 unspecified atom stereocenters. The second-order valence-corrected chi connectivity index (χ2v) is 5.93. The maximum Gasteiger partial charge on any atom is 0.254 e. The lowest BCUT2D eigenvalue weighted by Crippen LogP contribution is -2.51. The van der Waals surface area contributed by atoms with Crippen LogP contribution in [0.2, 0.25) is 0 Å². The molecule has 0 spiro atoms. The number of halogens is 1. The SMILES string of the molecule is CCC1COC(C)CN1C(=O)c1cccc(Br)c1C. The van der Waals surface area contributed by atoms with E-state index >= 15 is 0 Å². The number of nitrogens with zero attached hydrogens (tertiary/aromatic N) is 1. The third-order valence-electron chi connectivity index (χ3n) is 3.70. The van der Waals surface area contributed by atoms with Crippen molar-refractivity contribution < 1.29 is 9.53 Å². The van der Waals surface area contributed by atoms with Crippen LogP contribution in [-0.2, 0) is 4.74 Å². The summed E-state index contributed by atoms with van der Waals surface area (Å²) < 4.78 is 6.63. The van der Waals surface area contributed by atoms with E-state index in [0.717, 1.165) is 22.0 Å². The zero-order chi connectivity index (χ0) is 14.0. The van der Waals surface area contributed by atoms with E-state index in [4.69, 9.17) is 4.74 Å². The summed E-state index contributed by atoms with van der Waals surface area (Å²) in [5, 5.41) is 0. The molecule has 1 fully saturated rings. The Labute approximate surface area is 123 Å². The molecule has 1 aromatic carbocycles. The third-order valence-corrected chi connectivity index (χ3v) is 4.56. The van der Waals surface area contributed by atoms with Crippen molar-refractivity contribution in [1.82, 2.24) is 4.90 Å². The molecule has 1 amide bonds.